The summed E-state index contributed by atoms with van der Waals surface area (Å²) in [4.78, 5) is 13.2. The number of halogens is 3. The average molecular weight is 505 g/mol. The first-order valence-corrected chi connectivity index (χ1v) is 11.1. The summed E-state index contributed by atoms with van der Waals surface area (Å²) in [6.45, 7) is 9.42. The second-order valence-corrected chi connectivity index (χ2v) is 7.13. The molecule has 0 bridgehead atoms. The van der Waals surface area contributed by atoms with Crippen LogP contribution in [-0.4, -0.2) is 34.7 Å². The molecule has 2 heterocycles. The lowest BCUT2D eigenvalue weighted by Gasteiger charge is -2.10. The smallest absolute Gasteiger partial charge is 0.416 e. The van der Waals surface area contributed by atoms with Crippen molar-refractivity contribution in [2.24, 2.45) is 10.3 Å². The Kier molecular flexibility index (Phi) is 12.6. The first-order chi connectivity index (χ1) is 17.1. The van der Waals surface area contributed by atoms with Gasteiger partial charge in [-0.3, -0.25) is 9.97 Å². The van der Waals surface area contributed by atoms with Crippen LogP contribution in [0.5, 0.6) is 5.75 Å². The molecule has 2 aromatic heterocycles. The number of pyridine rings is 2. The number of hydrogen-bond acceptors (Lipinski definition) is 7. The van der Waals surface area contributed by atoms with Crippen molar-refractivity contribution in [3.63, 3.8) is 0 Å². The molecule has 0 unspecified atom stereocenters. The van der Waals surface area contributed by atoms with Crippen LogP contribution in [-0.2, 0) is 17.6 Å². The SMILES string of the molecule is CC.COc1cccc(C)c1CO/N=C/c1cc(C(F)(F)F)cc(C)n1.Cc1cccc(/C=N/O)n1. The minimum absolute atomic E-state index is 0.0825. The minimum Gasteiger partial charge on any atom is -0.496 e. The minimum atomic E-state index is -4.42. The van der Waals surface area contributed by atoms with E-state index in [1.54, 1.807) is 19.2 Å². The number of aryl methyl sites for hydroxylation is 3. The molecule has 1 aromatic carbocycles. The predicted molar refractivity (Wildman–Crippen MR) is 134 cm³/mol. The van der Waals surface area contributed by atoms with Crippen LogP contribution in [0, 0.1) is 20.8 Å². The fourth-order valence-electron chi connectivity index (χ4n) is 2.86. The van der Waals surface area contributed by atoms with Gasteiger partial charge in [-0.25, -0.2) is 0 Å². The fraction of sp³-hybridized carbons (Fsp3) is 0.308. The van der Waals surface area contributed by atoms with Gasteiger partial charge < -0.3 is 14.8 Å². The number of oxime groups is 2. The van der Waals surface area contributed by atoms with Crippen LogP contribution < -0.4 is 4.74 Å². The fourth-order valence-corrected chi connectivity index (χ4v) is 2.86. The van der Waals surface area contributed by atoms with Gasteiger partial charge in [-0.1, -0.05) is 42.4 Å². The van der Waals surface area contributed by atoms with Crippen LogP contribution in [0.25, 0.3) is 0 Å². The third kappa shape index (κ3) is 10.1. The molecular weight excluding hydrogens is 473 g/mol. The van der Waals surface area contributed by atoms with Crippen molar-refractivity contribution in [2.75, 3.05) is 7.11 Å². The zero-order chi connectivity index (χ0) is 27.1. The molecule has 0 radical (unpaired) electrons. The van der Waals surface area contributed by atoms with Gasteiger partial charge in [-0.15, -0.1) is 0 Å². The van der Waals surface area contributed by atoms with Gasteiger partial charge in [0.15, 0.2) is 0 Å². The van der Waals surface area contributed by atoms with E-state index in [9.17, 15) is 13.2 Å². The summed E-state index contributed by atoms with van der Waals surface area (Å²) in [6, 6.07) is 13.0. The lowest BCUT2D eigenvalue weighted by Crippen LogP contribution is -2.07. The van der Waals surface area contributed by atoms with Gasteiger partial charge in [0.1, 0.15) is 12.4 Å². The summed E-state index contributed by atoms with van der Waals surface area (Å²) in [5, 5.41) is 14.7. The summed E-state index contributed by atoms with van der Waals surface area (Å²) < 4.78 is 43.5. The summed E-state index contributed by atoms with van der Waals surface area (Å²) in [6.07, 6.45) is -1.97. The van der Waals surface area contributed by atoms with Crippen LogP contribution >= 0.6 is 0 Å². The molecule has 0 aliphatic rings. The molecule has 3 rings (SSSR count). The van der Waals surface area contributed by atoms with Crippen molar-refractivity contribution in [3.8, 4) is 5.75 Å². The highest BCUT2D eigenvalue weighted by Crippen LogP contribution is 2.29. The normalized spacial score (nSPS) is 10.9. The maximum Gasteiger partial charge on any atom is 0.416 e. The van der Waals surface area contributed by atoms with Crippen LogP contribution in [0.3, 0.4) is 0 Å². The maximum absolute atomic E-state index is 12.8. The maximum atomic E-state index is 12.8. The topological polar surface area (TPSA) is 89.2 Å². The second kappa shape index (κ2) is 15.1. The van der Waals surface area contributed by atoms with Crippen LogP contribution in [0.1, 0.15) is 53.3 Å². The van der Waals surface area contributed by atoms with Gasteiger partial charge in [0.2, 0.25) is 0 Å². The quantitative estimate of drug-likeness (QED) is 0.235. The Labute approximate surface area is 209 Å². The number of alkyl halides is 3. The number of aromatic nitrogens is 2. The second-order valence-electron chi connectivity index (χ2n) is 7.13. The Balaban J connectivity index is 0.000000450. The first kappa shape index (κ1) is 30.1. The highest BCUT2D eigenvalue weighted by Gasteiger charge is 2.31. The van der Waals surface area contributed by atoms with Gasteiger partial charge in [-0.2, -0.15) is 13.2 Å². The summed E-state index contributed by atoms with van der Waals surface area (Å²) in [5.41, 5.74) is 2.95. The van der Waals surface area contributed by atoms with Gasteiger partial charge in [0.25, 0.3) is 0 Å². The van der Waals surface area contributed by atoms with Gasteiger partial charge in [0, 0.05) is 17.0 Å². The highest BCUT2D eigenvalue weighted by molar-refractivity contribution is 5.77. The molecule has 0 amide bonds. The molecule has 0 spiro atoms. The molecule has 0 aliphatic heterocycles. The van der Waals surface area contributed by atoms with Crippen molar-refractivity contribution >= 4 is 12.4 Å². The van der Waals surface area contributed by atoms with E-state index in [4.69, 9.17) is 14.8 Å². The summed E-state index contributed by atoms with van der Waals surface area (Å²) >= 11 is 0. The molecule has 0 saturated carbocycles. The first-order valence-electron chi connectivity index (χ1n) is 11.1. The Hall–Kier alpha value is -3.95. The van der Waals surface area contributed by atoms with E-state index in [1.807, 2.05) is 52.0 Å². The van der Waals surface area contributed by atoms with Crippen molar-refractivity contribution in [1.29, 1.82) is 0 Å². The Bertz CT molecular complexity index is 1150. The molecule has 7 nitrogen and oxygen atoms in total. The van der Waals surface area contributed by atoms with E-state index in [0.29, 0.717) is 11.4 Å². The average Bonchev–Trinajstić information content (AvgIpc) is 2.83. The van der Waals surface area contributed by atoms with E-state index in [1.165, 1.54) is 13.1 Å². The Morgan fingerprint density at radius 3 is 2.19 bits per heavy atom. The molecule has 194 valence electrons. The summed E-state index contributed by atoms with van der Waals surface area (Å²) in [7, 11) is 1.55. The van der Waals surface area contributed by atoms with Gasteiger partial charge in [0.05, 0.1) is 36.5 Å². The third-order valence-electron chi connectivity index (χ3n) is 4.46. The van der Waals surface area contributed by atoms with E-state index >= 15 is 0 Å². The van der Waals surface area contributed by atoms with Crippen molar-refractivity contribution in [1.82, 2.24) is 9.97 Å². The number of methoxy groups -OCH3 is 1. The van der Waals surface area contributed by atoms with E-state index in [2.05, 4.69) is 20.3 Å². The predicted octanol–water partition coefficient (Wildman–Crippen LogP) is 6.50. The highest BCUT2D eigenvalue weighted by atomic mass is 19.4. The van der Waals surface area contributed by atoms with Crippen molar-refractivity contribution in [2.45, 2.75) is 47.4 Å². The van der Waals surface area contributed by atoms with Gasteiger partial charge >= 0.3 is 6.18 Å². The number of hydrogen-bond donors (Lipinski definition) is 1. The zero-order valence-corrected chi connectivity index (χ0v) is 21.2. The number of ether oxygens (including phenoxy) is 1. The van der Waals surface area contributed by atoms with E-state index in [0.717, 1.165) is 35.2 Å². The van der Waals surface area contributed by atoms with E-state index in [-0.39, 0.29) is 18.0 Å². The number of benzene rings is 1. The third-order valence-corrected chi connectivity index (χ3v) is 4.46. The molecule has 3 aromatic rings. The molecule has 0 atom stereocenters. The Morgan fingerprint density at radius 2 is 1.58 bits per heavy atom. The molecule has 0 fully saturated rings. The van der Waals surface area contributed by atoms with Crippen LogP contribution in [0.2, 0.25) is 0 Å². The molecular formula is C26H31F3N4O3. The molecule has 10 heteroatoms. The standard InChI is InChI=1S/C17H17F3N2O2.C7H8N2O.C2H6/c1-11-5-4-6-16(23-3)15(11)10-24-21-9-14-8-13(17(18,19)20)7-12(2)22-14;1-6-3-2-4-7(9-6)5-8-10;1-2/h4-9H,10H2,1-3H3;2-5,10H,1H3;1-2H3/b21-9+;8-5+;. The molecule has 36 heavy (non-hydrogen) atoms. The Morgan fingerprint density at radius 1 is 0.917 bits per heavy atom. The van der Waals surface area contributed by atoms with Crippen molar-refractivity contribution in [3.05, 3.63) is 88.0 Å². The monoisotopic (exact) mass is 504 g/mol. The largest absolute Gasteiger partial charge is 0.496 e. The van der Waals surface area contributed by atoms with E-state index < -0.39 is 11.7 Å². The zero-order valence-electron chi connectivity index (χ0n) is 21.2. The lowest BCUT2D eigenvalue weighted by molar-refractivity contribution is -0.137. The summed E-state index contributed by atoms with van der Waals surface area (Å²) in [5.74, 6) is 0.665. The lowest BCUT2D eigenvalue weighted by atomic mass is 10.1. The van der Waals surface area contributed by atoms with Gasteiger partial charge in [-0.05, 0) is 56.7 Å². The molecule has 1 N–H and O–H groups in total. The van der Waals surface area contributed by atoms with Crippen LogP contribution in [0.15, 0.2) is 58.8 Å². The van der Waals surface area contributed by atoms with Crippen LogP contribution in [0.4, 0.5) is 13.2 Å². The molecule has 0 saturated heterocycles. The number of rotatable bonds is 6. The molecule has 0 aliphatic carbocycles. The number of nitrogens with zero attached hydrogens (tertiary/aromatic N) is 4. The van der Waals surface area contributed by atoms with Crippen molar-refractivity contribution < 1.29 is 28.0 Å².